The lowest BCUT2D eigenvalue weighted by molar-refractivity contribution is 0.0952. The second kappa shape index (κ2) is 5.87. The number of pyridine rings is 1. The Labute approximate surface area is 156 Å². The van der Waals surface area contributed by atoms with E-state index in [2.05, 4.69) is 26.0 Å². The van der Waals surface area contributed by atoms with E-state index in [1.807, 2.05) is 31.3 Å². The zero-order valence-electron chi connectivity index (χ0n) is 15.2. The molecule has 0 unspecified atom stereocenters. The number of aromatic nitrogens is 3. The SMILES string of the molecule is COc1ccc2c(c1)c(-c1cc3c(C(=O)NC4CC4)ccnc3[nH]1)cn2C. The molecule has 0 spiro atoms. The molecule has 136 valence electrons. The maximum absolute atomic E-state index is 12.6. The number of methoxy groups -OCH3 is 1. The topological polar surface area (TPSA) is 71.9 Å². The van der Waals surface area contributed by atoms with Crippen molar-refractivity contribution in [2.45, 2.75) is 18.9 Å². The smallest absolute Gasteiger partial charge is 0.252 e. The minimum Gasteiger partial charge on any atom is -0.497 e. The average molecular weight is 360 g/mol. The Morgan fingerprint density at radius 3 is 2.89 bits per heavy atom. The van der Waals surface area contributed by atoms with Gasteiger partial charge in [0, 0.05) is 53.0 Å². The molecular weight excluding hydrogens is 340 g/mol. The number of ether oxygens (including phenoxy) is 1. The number of aryl methyl sites for hydroxylation is 1. The molecule has 1 fully saturated rings. The number of hydrogen-bond donors (Lipinski definition) is 2. The van der Waals surface area contributed by atoms with Crippen molar-refractivity contribution in [1.29, 1.82) is 0 Å². The number of nitrogens with one attached hydrogen (secondary N) is 2. The zero-order valence-corrected chi connectivity index (χ0v) is 15.2. The molecule has 0 aliphatic heterocycles. The Morgan fingerprint density at radius 2 is 2.11 bits per heavy atom. The molecule has 1 aromatic carbocycles. The van der Waals surface area contributed by atoms with E-state index >= 15 is 0 Å². The molecule has 1 aliphatic carbocycles. The van der Waals surface area contributed by atoms with E-state index in [0.29, 0.717) is 17.3 Å². The van der Waals surface area contributed by atoms with E-state index in [-0.39, 0.29) is 5.91 Å². The lowest BCUT2D eigenvalue weighted by Gasteiger charge is -2.03. The van der Waals surface area contributed by atoms with Crippen LogP contribution in [0.1, 0.15) is 23.2 Å². The number of carbonyl (C=O) groups is 1. The number of benzene rings is 1. The summed E-state index contributed by atoms with van der Waals surface area (Å²) in [5.74, 6) is 0.781. The number of rotatable bonds is 4. The van der Waals surface area contributed by atoms with Gasteiger partial charge in [-0.2, -0.15) is 0 Å². The van der Waals surface area contributed by atoms with Crippen LogP contribution in [-0.4, -0.2) is 33.6 Å². The number of fused-ring (bicyclic) bond motifs is 2. The molecule has 1 saturated carbocycles. The molecule has 0 radical (unpaired) electrons. The van der Waals surface area contributed by atoms with Gasteiger partial charge in [0.2, 0.25) is 0 Å². The molecule has 0 bridgehead atoms. The number of amides is 1. The maximum Gasteiger partial charge on any atom is 0.252 e. The fourth-order valence-corrected chi connectivity index (χ4v) is 3.57. The summed E-state index contributed by atoms with van der Waals surface area (Å²) in [6.45, 7) is 0. The van der Waals surface area contributed by atoms with E-state index in [1.54, 1.807) is 19.4 Å². The fraction of sp³-hybridized carbons (Fsp3) is 0.238. The van der Waals surface area contributed by atoms with E-state index in [4.69, 9.17) is 4.74 Å². The highest BCUT2D eigenvalue weighted by atomic mass is 16.5. The zero-order chi connectivity index (χ0) is 18.5. The fourth-order valence-electron chi connectivity index (χ4n) is 3.57. The third kappa shape index (κ3) is 2.65. The first-order valence-corrected chi connectivity index (χ1v) is 9.06. The Bertz CT molecular complexity index is 1180. The van der Waals surface area contributed by atoms with Gasteiger partial charge in [-0.15, -0.1) is 0 Å². The van der Waals surface area contributed by atoms with E-state index in [0.717, 1.165) is 46.1 Å². The third-order valence-electron chi connectivity index (χ3n) is 5.18. The predicted molar refractivity (Wildman–Crippen MR) is 105 cm³/mol. The summed E-state index contributed by atoms with van der Waals surface area (Å²) in [4.78, 5) is 20.4. The van der Waals surface area contributed by atoms with Crippen LogP contribution in [0, 0.1) is 0 Å². The second-order valence-corrected chi connectivity index (χ2v) is 7.09. The van der Waals surface area contributed by atoms with Crippen molar-refractivity contribution in [2.24, 2.45) is 7.05 Å². The van der Waals surface area contributed by atoms with Crippen molar-refractivity contribution in [3.05, 3.63) is 48.3 Å². The molecule has 1 aliphatic rings. The number of carbonyl (C=O) groups excluding carboxylic acids is 1. The molecule has 6 heteroatoms. The van der Waals surface area contributed by atoms with Crippen molar-refractivity contribution >= 4 is 27.8 Å². The van der Waals surface area contributed by atoms with Gasteiger partial charge in [-0.3, -0.25) is 4.79 Å². The first-order valence-electron chi connectivity index (χ1n) is 9.06. The Balaban J connectivity index is 1.65. The second-order valence-electron chi connectivity index (χ2n) is 7.09. The molecule has 27 heavy (non-hydrogen) atoms. The Kier molecular flexibility index (Phi) is 3.47. The molecule has 1 amide bonds. The summed E-state index contributed by atoms with van der Waals surface area (Å²) in [6, 6.07) is 10.2. The van der Waals surface area contributed by atoms with Crippen LogP contribution in [0.4, 0.5) is 0 Å². The normalized spacial score (nSPS) is 14.0. The van der Waals surface area contributed by atoms with Gasteiger partial charge in [0.1, 0.15) is 11.4 Å². The van der Waals surface area contributed by atoms with Crippen LogP contribution in [0.5, 0.6) is 5.75 Å². The van der Waals surface area contributed by atoms with Gasteiger partial charge in [-0.25, -0.2) is 4.98 Å². The van der Waals surface area contributed by atoms with Crippen molar-refractivity contribution in [1.82, 2.24) is 19.9 Å². The summed E-state index contributed by atoms with van der Waals surface area (Å²) in [5, 5.41) is 4.99. The van der Waals surface area contributed by atoms with Crippen LogP contribution in [0.15, 0.2) is 42.7 Å². The van der Waals surface area contributed by atoms with Crippen molar-refractivity contribution in [3.63, 3.8) is 0 Å². The molecule has 5 rings (SSSR count). The summed E-state index contributed by atoms with van der Waals surface area (Å²) in [7, 11) is 3.69. The average Bonchev–Trinajstić information content (AvgIpc) is 3.28. The highest BCUT2D eigenvalue weighted by Gasteiger charge is 2.25. The molecule has 3 heterocycles. The number of H-pyrrole nitrogens is 1. The summed E-state index contributed by atoms with van der Waals surface area (Å²) >= 11 is 0. The van der Waals surface area contributed by atoms with Gasteiger partial charge in [0.05, 0.1) is 12.7 Å². The quantitative estimate of drug-likeness (QED) is 0.584. The lowest BCUT2D eigenvalue weighted by atomic mass is 10.1. The number of aromatic amines is 1. The summed E-state index contributed by atoms with van der Waals surface area (Å²) in [6.07, 6.45) is 5.89. The molecule has 2 N–H and O–H groups in total. The molecule has 6 nitrogen and oxygen atoms in total. The van der Waals surface area contributed by atoms with Crippen LogP contribution in [0.3, 0.4) is 0 Å². The third-order valence-corrected chi connectivity index (χ3v) is 5.18. The Morgan fingerprint density at radius 1 is 1.26 bits per heavy atom. The van der Waals surface area contributed by atoms with Gasteiger partial charge in [-0.1, -0.05) is 0 Å². The first-order chi connectivity index (χ1) is 13.1. The minimum atomic E-state index is -0.0324. The number of hydrogen-bond acceptors (Lipinski definition) is 3. The van der Waals surface area contributed by atoms with Crippen LogP contribution in [0.2, 0.25) is 0 Å². The van der Waals surface area contributed by atoms with Gasteiger partial charge >= 0.3 is 0 Å². The minimum absolute atomic E-state index is 0.0324. The van der Waals surface area contributed by atoms with Crippen LogP contribution < -0.4 is 10.1 Å². The van der Waals surface area contributed by atoms with E-state index in [1.165, 1.54) is 0 Å². The highest BCUT2D eigenvalue weighted by molar-refractivity contribution is 6.08. The van der Waals surface area contributed by atoms with E-state index < -0.39 is 0 Å². The lowest BCUT2D eigenvalue weighted by Crippen LogP contribution is -2.25. The van der Waals surface area contributed by atoms with Crippen molar-refractivity contribution < 1.29 is 9.53 Å². The molecule has 0 saturated heterocycles. The predicted octanol–water partition coefficient (Wildman–Crippen LogP) is 3.62. The number of nitrogens with zero attached hydrogens (tertiary/aromatic N) is 2. The summed E-state index contributed by atoms with van der Waals surface area (Å²) < 4.78 is 7.48. The van der Waals surface area contributed by atoms with Gasteiger partial charge in [-0.05, 0) is 43.2 Å². The highest BCUT2D eigenvalue weighted by Crippen LogP contribution is 2.34. The molecular formula is C21H20N4O2. The molecule has 3 aromatic heterocycles. The molecule has 0 atom stereocenters. The van der Waals surface area contributed by atoms with Crippen molar-refractivity contribution in [2.75, 3.05) is 7.11 Å². The van der Waals surface area contributed by atoms with E-state index in [9.17, 15) is 4.79 Å². The van der Waals surface area contributed by atoms with Gasteiger partial charge < -0.3 is 19.6 Å². The molecule has 4 aromatic rings. The van der Waals surface area contributed by atoms with Crippen LogP contribution in [-0.2, 0) is 7.05 Å². The maximum atomic E-state index is 12.6. The summed E-state index contributed by atoms with van der Waals surface area (Å²) in [5.41, 5.74) is 4.48. The van der Waals surface area contributed by atoms with Gasteiger partial charge in [0.15, 0.2) is 0 Å². The van der Waals surface area contributed by atoms with Crippen LogP contribution >= 0.6 is 0 Å². The first kappa shape index (κ1) is 15.9. The van der Waals surface area contributed by atoms with Crippen LogP contribution in [0.25, 0.3) is 33.2 Å². The van der Waals surface area contributed by atoms with Gasteiger partial charge in [0.25, 0.3) is 5.91 Å². The Hall–Kier alpha value is -3.28. The standard InChI is InChI=1S/C21H20N4O2/c1-25-11-17(15-9-13(27-2)5-6-19(15)25)18-10-16-14(7-8-22-20(16)24-18)21(26)23-12-3-4-12/h5-12H,3-4H2,1-2H3,(H,22,24)(H,23,26). The largest absolute Gasteiger partial charge is 0.497 e. The van der Waals surface area contributed by atoms with Crippen molar-refractivity contribution in [3.8, 4) is 17.0 Å². The monoisotopic (exact) mass is 360 g/mol.